The Morgan fingerprint density at radius 1 is 0.437 bits per heavy atom. The molecule has 0 saturated heterocycles. The quantitative estimate of drug-likeness (QED) is 0.116. The van der Waals surface area contributed by atoms with Crippen molar-refractivity contribution in [1.82, 2.24) is 39.5 Å². The van der Waals surface area contributed by atoms with Gasteiger partial charge in [-0.25, -0.2) is 0 Å². The van der Waals surface area contributed by atoms with E-state index in [1.165, 1.54) is 16.7 Å². The first-order chi connectivity index (χ1) is 34.9. The van der Waals surface area contributed by atoms with E-state index in [9.17, 15) is 0 Å². The van der Waals surface area contributed by atoms with Crippen LogP contribution in [-0.4, -0.2) is 39.5 Å². The molecule has 0 aliphatic heterocycles. The first-order valence-electron chi connectivity index (χ1n) is 23.8. The van der Waals surface area contributed by atoms with Gasteiger partial charge in [-0.2, -0.15) is 0 Å². The largest absolute Gasteiger partial charge is 0.354 e. The zero-order chi connectivity index (χ0) is 47.5. The van der Waals surface area contributed by atoms with E-state index < -0.39 is 16.4 Å². The maximum atomic E-state index is 5.38. The Balaban J connectivity index is 1.08. The monoisotopic (exact) mass is 913 g/mol. The van der Waals surface area contributed by atoms with Crippen LogP contribution in [0.2, 0.25) is 0 Å². The highest BCUT2D eigenvalue weighted by Crippen LogP contribution is 2.60. The lowest BCUT2D eigenvalue weighted by atomic mass is 9.64. The SMILES string of the molecule is Cc1cccc(C)c1-c1ccnc(C2(c3cccc(C4(c5cccc(C6(n7[c-][n+](C)cc7)c7ccncc7-c7cnccc76)c5)c5ccncc5-c5cnccc54)c3)c3ccncc3-c3cnccc32)c1. The molecule has 9 nitrogen and oxygen atoms in total. The summed E-state index contributed by atoms with van der Waals surface area (Å²) >= 11 is 0. The summed E-state index contributed by atoms with van der Waals surface area (Å²) in [7, 11) is 2.02. The molecule has 14 rings (SSSR count). The second-order valence-corrected chi connectivity index (χ2v) is 19.0. The Morgan fingerprint density at radius 2 is 0.845 bits per heavy atom. The van der Waals surface area contributed by atoms with Gasteiger partial charge in [-0.15, -0.1) is 0 Å². The molecule has 0 N–H and O–H groups in total. The fourth-order valence-corrected chi connectivity index (χ4v) is 12.9. The van der Waals surface area contributed by atoms with E-state index in [2.05, 4.69) is 162 Å². The molecule has 71 heavy (non-hydrogen) atoms. The number of aryl methyl sites for hydroxylation is 3. The molecule has 0 atom stereocenters. The van der Waals surface area contributed by atoms with Crippen LogP contribution in [-0.2, 0) is 23.4 Å². The number of hydrogen-bond acceptors (Lipinski definition) is 7. The molecule has 3 aliphatic carbocycles. The van der Waals surface area contributed by atoms with Crippen LogP contribution in [0.4, 0.5) is 0 Å². The van der Waals surface area contributed by atoms with Crippen molar-refractivity contribution in [1.29, 1.82) is 0 Å². The van der Waals surface area contributed by atoms with Gasteiger partial charge in [0.05, 0.1) is 23.6 Å². The van der Waals surface area contributed by atoms with Crippen molar-refractivity contribution < 1.29 is 4.57 Å². The fourth-order valence-electron chi connectivity index (χ4n) is 12.9. The number of rotatable bonds is 7. The Hall–Kier alpha value is -9.08. The number of imidazole rings is 1. The van der Waals surface area contributed by atoms with Crippen molar-refractivity contribution in [2.45, 2.75) is 30.2 Å². The van der Waals surface area contributed by atoms with Gasteiger partial charge in [0.1, 0.15) is 0 Å². The summed E-state index contributed by atoms with van der Waals surface area (Å²) in [4.78, 5) is 33.6. The number of nitrogens with zero attached hydrogens (tertiary/aromatic N) is 9. The third-order valence-corrected chi connectivity index (χ3v) is 15.6. The number of pyridine rings is 7. The average Bonchev–Trinajstić information content (AvgIpc) is 4.17. The number of fused-ring (bicyclic) bond motifs is 9. The minimum absolute atomic E-state index is 0.812. The first kappa shape index (κ1) is 40.9. The van der Waals surface area contributed by atoms with Gasteiger partial charge < -0.3 is 9.13 Å². The molecule has 0 fully saturated rings. The zero-order valence-corrected chi connectivity index (χ0v) is 39.2. The summed E-state index contributed by atoms with van der Waals surface area (Å²) in [5, 5.41) is 0. The van der Waals surface area contributed by atoms with Gasteiger partial charge in [0.15, 0.2) is 5.54 Å². The highest BCUT2D eigenvalue weighted by Gasteiger charge is 2.53. The Kier molecular flexibility index (Phi) is 8.77. The summed E-state index contributed by atoms with van der Waals surface area (Å²) in [6, 6.07) is 42.4. The molecule has 0 saturated carbocycles. The normalized spacial score (nSPS) is 14.7. The van der Waals surface area contributed by atoms with E-state index in [0.717, 1.165) is 100 Å². The summed E-state index contributed by atoms with van der Waals surface area (Å²) in [6.45, 7) is 4.38. The van der Waals surface area contributed by atoms with Crippen molar-refractivity contribution in [3.8, 4) is 44.5 Å². The van der Waals surface area contributed by atoms with Crippen LogP contribution >= 0.6 is 0 Å². The van der Waals surface area contributed by atoms with E-state index >= 15 is 0 Å². The van der Waals surface area contributed by atoms with Crippen LogP contribution in [0.15, 0.2) is 208 Å². The van der Waals surface area contributed by atoms with Crippen molar-refractivity contribution in [3.63, 3.8) is 0 Å². The summed E-state index contributed by atoms with van der Waals surface area (Å²) in [5.41, 5.74) is 20.5. The van der Waals surface area contributed by atoms with Crippen LogP contribution in [0.5, 0.6) is 0 Å². The maximum absolute atomic E-state index is 5.38. The van der Waals surface area contributed by atoms with Crippen molar-refractivity contribution in [2.24, 2.45) is 7.05 Å². The molecule has 0 spiro atoms. The topological polar surface area (TPSA) is 99.0 Å². The van der Waals surface area contributed by atoms with Gasteiger partial charge >= 0.3 is 0 Å². The van der Waals surface area contributed by atoms with Crippen LogP contribution in [0, 0.1) is 20.2 Å². The number of aromatic nitrogens is 9. The van der Waals surface area contributed by atoms with Crippen LogP contribution < -0.4 is 4.57 Å². The van der Waals surface area contributed by atoms with E-state index in [4.69, 9.17) is 24.9 Å². The Bertz CT molecular complexity index is 3830. The van der Waals surface area contributed by atoms with E-state index in [1.807, 2.05) is 92.2 Å². The van der Waals surface area contributed by atoms with Crippen LogP contribution in [0.3, 0.4) is 0 Å². The standard InChI is InChI=1S/C62H43N9/c1-39-7-4-8-40(2)59(39)41-13-26-69-58(29-41)61(54-16-22-65-34-48(54)49-35-66-23-17-55(49)61)44-11-5-9-42(30-44)60(52-14-20-63-32-46(52)47-33-64-21-15-53(47)60)43-10-6-12-45(31-43)62(71-28-27-70(3)38-71)56-18-24-67-36-50(56)51-37-68-25-19-57(51)62/h4-37H,1-3H3. The molecule has 8 heterocycles. The molecule has 11 aromatic rings. The second-order valence-electron chi connectivity index (χ2n) is 19.0. The fraction of sp³-hybridized carbons (Fsp3) is 0.0968. The average molecular weight is 914 g/mol. The Labute approximate surface area is 411 Å². The first-order valence-corrected chi connectivity index (χ1v) is 23.8. The maximum Gasteiger partial charge on any atom is 0.204 e. The third kappa shape index (κ3) is 5.40. The Morgan fingerprint density at radius 3 is 1.32 bits per heavy atom. The van der Waals surface area contributed by atoms with E-state index in [0.29, 0.717) is 0 Å². The molecule has 0 bridgehead atoms. The minimum Gasteiger partial charge on any atom is -0.354 e. The molecule has 336 valence electrons. The van der Waals surface area contributed by atoms with Gasteiger partial charge in [0.25, 0.3) is 0 Å². The van der Waals surface area contributed by atoms with Gasteiger partial charge in [-0.1, -0.05) is 60.7 Å². The lowest BCUT2D eigenvalue weighted by molar-refractivity contribution is -0.675. The van der Waals surface area contributed by atoms with Crippen LogP contribution in [0.1, 0.15) is 72.5 Å². The summed E-state index contributed by atoms with van der Waals surface area (Å²) < 4.78 is 4.20. The smallest absolute Gasteiger partial charge is 0.204 e. The van der Waals surface area contributed by atoms with Crippen molar-refractivity contribution in [2.75, 3.05) is 0 Å². The molecule has 3 aromatic carbocycles. The predicted molar refractivity (Wildman–Crippen MR) is 272 cm³/mol. The molecule has 0 radical (unpaired) electrons. The minimum atomic E-state index is -0.855. The van der Waals surface area contributed by atoms with Crippen LogP contribution in [0.25, 0.3) is 44.5 Å². The van der Waals surface area contributed by atoms with Gasteiger partial charge in [0.2, 0.25) is 6.33 Å². The molecule has 0 unspecified atom stereocenters. The predicted octanol–water partition coefficient (Wildman–Crippen LogP) is 10.7. The summed E-state index contributed by atoms with van der Waals surface area (Å²) in [5.74, 6) is 0. The van der Waals surface area contributed by atoms with E-state index in [1.54, 1.807) is 0 Å². The number of benzene rings is 3. The molecular weight excluding hydrogens is 871 g/mol. The molecule has 0 amide bonds. The molecule has 9 heteroatoms. The summed E-state index contributed by atoms with van der Waals surface area (Å²) in [6.07, 6.45) is 33.2. The van der Waals surface area contributed by atoms with Crippen molar-refractivity contribution in [3.05, 3.63) is 287 Å². The van der Waals surface area contributed by atoms with Gasteiger partial charge in [-0.05, 0) is 142 Å². The number of hydrogen-bond donors (Lipinski definition) is 0. The highest BCUT2D eigenvalue weighted by atomic mass is 15.2. The van der Waals surface area contributed by atoms with E-state index in [-0.39, 0.29) is 0 Å². The third-order valence-electron chi connectivity index (χ3n) is 15.6. The molecule has 8 aromatic heterocycles. The lowest BCUT2D eigenvalue weighted by Gasteiger charge is -2.38. The lowest BCUT2D eigenvalue weighted by Crippen LogP contribution is -2.38. The van der Waals surface area contributed by atoms with Crippen molar-refractivity contribution >= 4 is 0 Å². The highest BCUT2D eigenvalue weighted by molar-refractivity contribution is 5.89. The second kappa shape index (κ2) is 15.2. The molecule has 3 aliphatic rings. The molecular formula is C62H43N9. The van der Waals surface area contributed by atoms with Gasteiger partial charge in [-0.3, -0.25) is 34.9 Å². The zero-order valence-electron chi connectivity index (χ0n) is 39.2. The van der Waals surface area contributed by atoms with Gasteiger partial charge in [0, 0.05) is 131 Å².